The molecule has 0 unspecified atom stereocenters. The largest absolute Gasteiger partial charge is 0.334 e. The van der Waals surface area contributed by atoms with Gasteiger partial charge in [0.1, 0.15) is 0 Å². The number of nitrogens with one attached hydrogen (secondary N) is 1. The molecule has 0 spiro atoms. The molecule has 0 radical (unpaired) electrons. The van der Waals surface area contributed by atoms with Crippen molar-refractivity contribution < 1.29 is 9.59 Å². The lowest BCUT2D eigenvalue weighted by Crippen LogP contribution is -2.37. The topological polar surface area (TPSA) is 49.4 Å². The number of halogens is 2. The maximum absolute atomic E-state index is 12.2. The van der Waals surface area contributed by atoms with E-state index >= 15 is 0 Å². The minimum atomic E-state index is -0.292. The molecule has 0 bridgehead atoms. The number of aryl methyl sites for hydroxylation is 1. The number of carbonyl (C=O) groups is 2. The fourth-order valence-electron chi connectivity index (χ4n) is 2.42. The molecule has 0 heterocycles. The number of rotatable bonds is 7. The lowest BCUT2D eigenvalue weighted by molar-refractivity contribution is -0.132. The number of hydrogen-bond acceptors (Lipinski definition) is 2. The number of nitrogens with zero attached hydrogens (tertiary/aromatic N) is 1. The molecule has 25 heavy (non-hydrogen) atoms. The van der Waals surface area contributed by atoms with Crippen molar-refractivity contribution in [3.63, 3.8) is 0 Å². The molecule has 1 N–H and O–H groups in total. The molecule has 0 saturated carbocycles. The van der Waals surface area contributed by atoms with Gasteiger partial charge in [0.15, 0.2) is 0 Å². The highest BCUT2D eigenvalue weighted by Gasteiger charge is 2.14. The molecule has 2 amide bonds. The van der Waals surface area contributed by atoms with Crippen LogP contribution in [0.5, 0.6) is 0 Å². The van der Waals surface area contributed by atoms with E-state index in [1.807, 2.05) is 30.3 Å². The van der Waals surface area contributed by atoms with Crippen LogP contribution in [0.4, 0.5) is 5.69 Å². The Bertz CT molecular complexity index is 735. The second-order valence-corrected chi connectivity index (χ2v) is 6.55. The van der Waals surface area contributed by atoms with E-state index in [0.717, 1.165) is 12.8 Å². The van der Waals surface area contributed by atoms with E-state index in [2.05, 4.69) is 5.32 Å². The fraction of sp³-hybridized carbons (Fsp3) is 0.263. The molecule has 0 atom stereocenters. The Morgan fingerprint density at radius 2 is 1.80 bits per heavy atom. The minimum absolute atomic E-state index is 0.0108. The van der Waals surface area contributed by atoms with Gasteiger partial charge in [0.25, 0.3) is 0 Å². The van der Waals surface area contributed by atoms with Crippen LogP contribution in [0.3, 0.4) is 0 Å². The summed E-state index contributed by atoms with van der Waals surface area (Å²) in [4.78, 5) is 25.5. The second kappa shape index (κ2) is 9.44. The first kappa shape index (κ1) is 19.3. The van der Waals surface area contributed by atoms with Crippen molar-refractivity contribution in [1.29, 1.82) is 0 Å². The summed E-state index contributed by atoms with van der Waals surface area (Å²) in [7, 11) is 0. The zero-order valence-corrected chi connectivity index (χ0v) is 15.5. The van der Waals surface area contributed by atoms with Crippen molar-refractivity contribution in [3.8, 4) is 0 Å². The van der Waals surface area contributed by atoms with E-state index in [4.69, 9.17) is 23.2 Å². The van der Waals surface area contributed by atoms with Crippen LogP contribution in [0.2, 0.25) is 10.0 Å². The molecule has 2 aromatic carbocycles. The Kier molecular flexibility index (Phi) is 7.29. The van der Waals surface area contributed by atoms with E-state index in [0.29, 0.717) is 22.3 Å². The lowest BCUT2D eigenvalue weighted by atomic mass is 10.1. The number of carbonyl (C=O) groups excluding carboxylic acids is 2. The van der Waals surface area contributed by atoms with Crippen LogP contribution in [0, 0.1) is 0 Å². The highest BCUT2D eigenvalue weighted by molar-refractivity contribution is 6.36. The summed E-state index contributed by atoms with van der Waals surface area (Å²) in [6.45, 7) is 1.97. The number of benzene rings is 2. The zero-order chi connectivity index (χ0) is 18.2. The molecular weight excluding hydrogens is 359 g/mol. The Balaban J connectivity index is 1.87. The van der Waals surface area contributed by atoms with Gasteiger partial charge in [0.2, 0.25) is 11.8 Å². The van der Waals surface area contributed by atoms with E-state index < -0.39 is 0 Å². The maximum atomic E-state index is 12.2. The third-order valence-corrected chi connectivity index (χ3v) is 4.27. The summed E-state index contributed by atoms with van der Waals surface area (Å²) >= 11 is 11.9. The summed E-state index contributed by atoms with van der Waals surface area (Å²) < 4.78 is 0. The van der Waals surface area contributed by atoms with E-state index in [-0.39, 0.29) is 18.4 Å². The molecule has 2 rings (SSSR count). The Morgan fingerprint density at radius 1 is 1.08 bits per heavy atom. The highest BCUT2D eigenvalue weighted by Crippen LogP contribution is 2.25. The molecule has 132 valence electrons. The normalized spacial score (nSPS) is 10.4. The van der Waals surface area contributed by atoms with Crippen molar-refractivity contribution in [1.82, 2.24) is 4.90 Å². The summed E-state index contributed by atoms with van der Waals surface area (Å²) in [5, 5.41) is 3.56. The first-order valence-corrected chi connectivity index (χ1v) is 8.75. The van der Waals surface area contributed by atoms with Gasteiger partial charge in [-0.25, -0.2) is 0 Å². The molecule has 0 aliphatic carbocycles. The van der Waals surface area contributed by atoms with E-state index in [1.165, 1.54) is 17.4 Å². The van der Waals surface area contributed by atoms with Crippen LogP contribution in [0.15, 0.2) is 48.5 Å². The standard InChI is InChI=1S/C19H20Cl2N2O2/c1-14(24)23(11-5-8-15-6-3-2-4-7-15)13-19(25)22-18-10-9-16(20)12-17(18)21/h2-4,6-7,9-10,12H,5,8,11,13H2,1H3,(H,22,25). The number of hydrogen-bond donors (Lipinski definition) is 1. The van der Waals surface area contributed by atoms with Gasteiger partial charge < -0.3 is 10.2 Å². The third-order valence-electron chi connectivity index (χ3n) is 3.72. The Hall–Kier alpha value is -2.04. The van der Waals surface area contributed by atoms with Gasteiger partial charge in [0, 0.05) is 18.5 Å². The summed E-state index contributed by atoms with van der Waals surface area (Å²) in [5.74, 6) is -0.426. The van der Waals surface area contributed by atoms with Crippen molar-refractivity contribution in [2.75, 3.05) is 18.4 Å². The van der Waals surface area contributed by atoms with Crippen LogP contribution in [0.1, 0.15) is 18.9 Å². The summed E-state index contributed by atoms with van der Waals surface area (Å²) in [5.41, 5.74) is 1.69. The quantitative estimate of drug-likeness (QED) is 0.775. The van der Waals surface area contributed by atoms with Crippen LogP contribution >= 0.6 is 23.2 Å². The molecule has 4 nitrogen and oxygen atoms in total. The van der Waals surface area contributed by atoms with E-state index in [9.17, 15) is 9.59 Å². The molecule has 0 aliphatic rings. The van der Waals surface area contributed by atoms with Crippen molar-refractivity contribution in [2.24, 2.45) is 0 Å². The van der Waals surface area contributed by atoms with Crippen LogP contribution in [0.25, 0.3) is 0 Å². The fourth-order valence-corrected chi connectivity index (χ4v) is 2.88. The van der Waals surface area contributed by atoms with Gasteiger partial charge in [-0.15, -0.1) is 0 Å². The van der Waals surface area contributed by atoms with Gasteiger partial charge in [-0.2, -0.15) is 0 Å². The molecule has 0 fully saturated rings. The van der Waals surface area contributed by atoms with Gasteiger partial charge >= 0.3 is 0 Å². The van der Waals surface area contributed by atoms with Crippen LogP contribution in [-0.2, 0) is 16.0 Å². The van der Waals surface area contributed by atoms with Gasteiger partial charge in [-0.1, -0.05) is 53.5 Å². The lowest BCUT2D eigenvalue weighted by Gasteiger charge is -2.20. The summed E-state index contributed by atoms with van der Waals surface area (Å²) in [6.07, 6.45) is 1.65. The maximum Gasteiger partial charge on any atom is 0.244 e. The highest BCUT2D eigenvalue weighted by atomic mass is 35.5. The smallest absolute Gasteiger partial charge is 0.244 e. The van der Waals surface area contributed by atoms with Crippen LogP contribution in [-0.4, -0.2) is 29.8 Å². The van der Waals surface area contributed by atoms with E-state index in [1.54, 1.807) is 18.2 Å². The minimum Gasteiger partial charge on any atom is -0.334 e. The predicted octanol–water partition coefficient (Wildman–Crippen LogP) is 4.41. The molecule has 0 saturated heterocycles. The number of anilines is 1. The number of amides is 2. The first-order chi connectivity index (χ1) is 12.0. The average molecular weight is 379 g/mol. The average Bonchev–Trinajstić information content (AvgIpc) is 2.57. The van der Waals surface area contributed by atoms with Gasteiger partial charge in [-0.3, -0.25) is 9.59 Å². The third kappa shape index (κ3) is 6.40. The SMILES string of the molecule is CC(=O)N(CCCc1ccccc1)CC(=O)Nc1ccc(Cl)cc1Cl. The van der Waals surface area contributed by atoms with Gasteiger partial charge in [0.05, 0.1) is 17.3 Å². The second-order valence-electron chi connectivity index (χ2n) is 5.70. The molecular formula is C19H20Cl2N2O2. The first-order valence-electron chi connectivity index (χ1n) is 8.00. The van der Waals surface area contributed by atoms with Crippen molar-refractivity contribution in [2.45, 2.75) is 19.8 Å². The van der Waals surface area contributed by atoms with Crippen molar-refractivity contribution in [3.05, 3.63) is 64.1 Å². The Morgan fingerprint density at radius 3 is 2.44 bits per heavy atom. The molecule has 0 aromatic heterocycles. The monoisotopic (exact) mass is 378 g/mol. The van der Waals surface area contributed by atoms with Gasteiger partial charge in [-0.05, 0) is 36.6 Å². The molecule has 0 aliphatic heterocycles. The summed E-state index contributed by atoms with van der Waals surface area (Å²) in [6, 6.07) is 14.9. The predicted molar refractivity (Wildman–Crippen MR) is 102 cm³/mol. The Labute approximate surface area is 157 Å². The van der Waals surface area contributed by atoms with Crippen molar-refractivity contribution >= 4 is 40.7 Å². The zero-order valence-electron chi connectivity index (χ0n) is 14.0. The molecule has 6 heteroatoms. The molecule has 2 aromatic rings. The van der Waals surface area contributed by atoms with Crippen LogP contribution < -0.4 is 5.32 Å².